The van der Waals surface area contributed by atoms with Crippen molar-refractivity contribution in [2.24, 2.45) is 5.73 Å². The fourth-order valence-corrected chi connectivity index (χ4v) is 6.59. The summed E-state index contributed by atoms with van der Waals surface area (Å²) in [6, 6.07) is 14.4. The van der Waals surface area contributed by atoms with Crippen molar-refractivity contribution in [3.05, 3.63) is 70.8 Å². The Balaban J connectivity index is 1.50. The molecule has 0 radical (unpaired) electrons. The second-order valence-corrected chi connectivity index (χ2v) is 11.1. The third-order valence-electron chi connectivity index (χ3n) is 8.52. The molecule has 0 aromatic heterocycles. The number of rotatable bonds is 6. The Bertz CT molecular complexity index is 1840. The van der Waals surface area contributed by atoms with Gasteiger partial charge in [-0.2, -0.15) is 0 Å². The molecule has 8 heteroatoms. The molecule has 0 saturated carbocycles. The van der Waals surface area contributed by atoms with Crippen LogP contribution in [0, 0.1) is 0 Å². The van der Waals surface area contributed by atoms with Crippen molar-refractivity contribution in [3.8, 4) is 0 Å². The van der Waals surface area contributed by atoms with E-state index in [4.69, 9.17) is 5.73 Å². The standard InChI is InChI=1S/C32H28N4O4/c1-16(15-33)36-31(39)23-11-7-19-17-5-9-21-27-22(30(38)35(29(21)37)14-4-13-34(2)3)10-6-18(25(17)27)20-8-12-24(32(36)40)28(23)26(19)20/h5-12,16H,4,13-15,33H2,1-3H3. The number of hydrogen-bond acceptors (Lipinski definition) is 6. The third kappa shape index (κ3) is 3.08. The van der Waals surface area contributed by atoms with Gasteiger partial charge in [0.15, 0.2) is 0 Å². The first-order valence-electron chi connectivity index (χ1n) is 13.5. The van der Waals surface area contributed by atoms with Gasteiger partial charge in [-0.1, -0.05) is 24.3 Å². The molecule has 200 valence electrons. The van der Waals surface area contributed by atoms with E-state index in [2.05, 4.69) is 0 Å². The van der Waals surface area contributed by atoms with Crippen LogP contribution in [0.25, 0.3) is 43.1 Å². The summed E-state index contributed by atoms with van der Waals surface area (Å²) in [5.41, 5.74) is 7.81. The molecule has 2 N–H and O–H groups in total. The van der Waals surface area contributed by atoms with Crippen molar-refractivity contribution < 1.29 is 19.2 Å². The lowest BCUT2D eigenvalue weighted by Gasteiger charge is -2.32. The molecule has 8 nitrogen and oxygen atoms in total. The molecule has 0 bridgehead atoms. The highest BCUT2D eigenvalue weighted by molar-refractivity contribution is 6.41. The van der Waals surface area contributed by atoms with E-state index in [1.54, 1.807) is 31.2 Å². The number of hydrogen-bond donors (Lipinski definition) is 1. The maximum absolute atomic E-state index is 13.6. The summed E-state index contributed by atoms with van der Waals surface area (Å²) in [5, 5.41) is 6.52. The van der Waals surface area contributed by atoms with Gasteiger partial charge in [0.25, 0.3) is 23.6 Å². The van der Waals surface area contributed by atoms with Crippen LogP contribution < -0.4 is 5.73 Å². The zero-order chi connectivity index (χ0) is 28.0. The first-order chi connectivity index (χ1) is 19.2. The Morgan fingerprint density at radius 3 is 1.43 bits per heavy atom. The largest absolute Gasteiger partial charge is 0.328 e. The number of carbonyl (C=O) groups excluding carboxylic acids is 4. The van der Waals surface area contributed by atoms with Crippen molar-refractivity contribution >= 4 is 66.7 Å². The van der Waals surface area contributed by atoms with Crippen LogP contribution in [-0.2, 0) is 0 Å². The fraction of sp³-hybridized carbons (Fsp3) is 0.250. The summed E-state index contributed by atoms with van der Waals surface area (Å²) in [5.74, 6) is -1.25. The fourth-order valence-electron chi connectivity index (χ4n) is 6.59. The number of imide groups is 2. The van der Waals surface area contributed by atoms with E-state index in [9.17, 15) is 19.2 Å². The van der Waals surface area contributed by atoms with Crippen LogP contribution in [0.15, 0.2) is 48.5 Å². The van der Waals surface area contributed by atoms with Gasteiger partial charge in [0.05, 0.1) is 0 Å². The van der Waals surface area contributed by atoms with Gasteiger partial charge in [-0.05, 0) is 90.6 Å². The number of fused-ring (bicyclic) bond motifs is 2. The van der Waals surface area contributed by atoms with E-state index in [-0.39, 0.29) is 30.2 Å². The summed E-state index contributed by atoms with van der Waals surface area (Å²) in [7, 11) is 3.93. The van der Waals surface area contributed by atoms with E-state index in [0.717, 1.165) is 38.9 Å². The average molecular weight is 533 g/mol. The average Bonchev–Trinajstić information content (AvgIpc) is 2.95. The zero-order valence-electron chi connectivity index (χ0n) is 22.6. The highest BCUT2D eigenvalue weighted by Crippen LogP contribution is 2.46. The second kappa shape index (κ2) is 8.55. The molecule has 5 aromatic rings. The number of nitrogens with zero attached hydrogens (tertiary/aromatic N) is 3. The van der Waals surface area contributed by atoms with Crippen molar-refractivity contribution in [3.63, 3.8) is 0 Å². The molecule has 1 unspecified atom stereocenters. The smallest absolute Gasteiger partial charge is 0.261 e. The van der Waals surface area contributed by atoms with Crippen molar-refractivity contribution in [1.82, 2.24) is 14.7 Å². The Morgan fingerprint density at radius 1 is 0.650 bits per heavy atom. The van der Waals surface area contributed by atoms with Gasteiger partial charge < -0.3 is 10.6 Å². The van der Waals surface area contributed by atoms with Crippen molar-refractivity contribution in [2.75, 3.05) is 33.7 Å². The molecule has 0 aliphatic carbocycles. The SMILES string of the molecule is CC(CN)N1C(=O)c2ccc3c4ccc5c6c(ccc(c7ccc(c2c37)C1=O)c64)C(=O)N(CCCN(C)C)C5=O. The van der Waals surface area contributed by atoms with Gasteiger partial charge >= 0.3 is 0 Å². The van der Waals surface area contributed by atoms with Crippen LogP contribution in [0.2, 0.25) is 0 Å². The number of benzene rings is 5. The van der Waals surface area contributed by atoms with Crippen LogP contribution in [0.1, 0.15) is 54.8 Å². The molecule has 0 saturated heterocycles. The van der Waals surface area contributed by atoms with E-state index in [1.807, 2.05) is 43.3 Å². The lowest BCUT2D eigenvalue weighted by Crippen LogP contribution is -2.48. The minimum Gasteiger partial charge on any atom is -0.328 e. The maximum atomic E-state index is 13.6. The van der Waals surface area contributed by atoms with Gasteiger partial charge in [0.2, 0.25) is 0 Å². The van der Waals surface area contributed by atoms with Crippen LogP contribution >= 0.6 is 0 Å². The predicted octanol–water partition coefficient (Wildman–Crippen LogP) is 4.23. The van der Waals surface area contributed by atoms with Crippen LogP contribution in [0.5, 0.6) is 0 Å². The van der Waals surface area contributed by atoms with Crippen LogP contribution in [0.4, 0.5) is 0 Å². The number of carbonyl (C=O) groups is 4. The van der Waals surface area contributed by atoms with Gasteiger partial charge in [0.1, 0.15) is 0 Å². The van der Waals surface area contributed by atoms with Crippen LogP contribution in [-0.4, -0.2) is 78.1 Å². The zero-order valence-corrected chi connectivity index (χ0v) is 22.6. The lowest BCUT2D eigenvalue weighted by atomic mass is 9.82. The molecule has 2 heterocycles. The quantitative estimate of drug-likeness (QED) is 0.199. The van der Waals surface area contributed by atoms with Crippen molar-refractivity contribution in [1.29, 1.82) is 0 Å². The number of amides is 4. The molecular weight excluding hydrogens is 504 g/mol. The molecule has 1 atom stereocenters. The summed E-state index contributed by atoms with van der Waals surface area (Å²) < 4.78 is 0. The lowest BCUT2D eigenvalue weighted by molar-refractivity contribution is 0.0552. The Labute approximate surface area is 230 Å². The Morgan fingerprint density at radius 2 is 1.05 bits per heavy atom. The number of nitrogens with two attached hydrogens (primary N) is 1. The maximum Gasteiger partial charge on any atom is 0.261 e. The van der Waals surface area contributed by atoms with Crippen molar-refractivity contribution in [2.45, 2.75) is 19.4 Å². The molecule has 2 aliphatic rings. The summed E-state index contributed by atoms with van der Waals surface area (Å²) in [6.07, 6.45) is 0.693. The van der Waals surface area contributed by atoms with Crippen LogP contribution in [0.3, 0.4) is 0 Å². The van der Waals surface area contributed by atoms with Gasteiger partial charge in [-0.15, -0.1) is 0 Å². The molecule has 7 rings (SSSR count). The van der Waals surface area contributed by atoms with Gasteiger partial charge in [-0.3, -0.25) is 29.0 Å². The summed E-state index contributed by atoms with van der Waals surface area (Å²) in [4.78, 5) is 58.8. The minimum absolute atomic E-state index is 0.177. The minimum atomic E-state index is -0.426. The first-order valence-corrected chi connectivity index (χ1v) is 13.5. The topological polar surface area (TPSA) is 104 Å². The van der Waals surface area contributed by atoms with Gasteiger partial charge in [0, 0.05) is 52.2 Å². The third-order valence-corrected chi connectivity index (χ3v) is 8.52. The van der Waals surface area contributed by atoms with Gasteiger partial charge in [-0.25, -0.2) is 0 Å². The molecular formula is C32H28N4O4. The first kappa shape index (κ1) is 24.6. The Kier molecular flexibility index (Phi) is 5.26. The highest BCUT2D eigenvalue weighted by Gasteiger charge is 2.38. The summed E-state index contributed by atoms with van der Waals surface area (Å²) >= 11 is 0. The normalized spacial score (nSPS) is 16.1. The van der Waals surface area contributed by atoms with E-state index < -0.39 is 6.04 Å². The van der Waals surface area contributed by atoms with E-state index in [0.29, 0.717) is 46.0 Å². The molecule has 5 aromatic carbocycles. The molecule has 0 fully saturated rings. The monoisotopic (exact) mass is 532 g/mol. The molecule has 4 amide bonds. The predicted molar refractivity (Wildman–Crippen MR) is 155 cm³/mol. The van der Waals surface area contributed by atoms with E-state index in [1.165, 1.54) is 9.80 Å². The molecule has 2 aliphatic heterocycles. The molecule has 40 heavy (non-hydrogen) atoms. The highest BCUT2D eigenvalue weighted by atomic mass is 16.2. The Hall–Kier alpha value is -4.40. The second-order valence-electron chi connectivity index (χ2n) is 11.1. The van der Waals surface area contributed by atoms with E-state index >= 15 is 0 Å². The molecule has 0 spiro atoms. The summed E-state index contributed by atoms with van der Waals surface area (Å²) in [6.45, 7) is 3.08.